The van der Waals surface area contributed by atoms with Crippen molar-refractivity contribution in [2.75, 3.05) is 33.7 Å². The van der Waals surface area contributed by atoms with Gasteiger partial charge in [0.2, 0.25) is 5.91 Å². The molecule has 1 aromatic carbocycles. The third-order valence-corrected chi connectivity index (χ3v) is 3.72. The van der Waals surface area contributed by atoms with Gasteiger partial charge in [-0.3, -0.25) is 9.59 Å². The molecular formula is C16H24ClN3O2. The topological polar surface area (TPSA) is 61.4 Å². The zero-order valence-electron chi connectivity index (χ0n) is 13.1. The van der Waals surface area contributed by atoms with Crippen molar-refractivity contribution in [1.82, 2.24) is 15.5 Å². The number of hydrogen-bond donors (Lipinski definition) is 2. The molecule has 1 atom stereocenters. The molecule has 22 heavy (non-hydrogen) atoms. The summed E-state index contributed by atoms with van der Waals surface area (Å²) in [7, 11) is 3.48. The first-order chi connectivity index (χ1) is 10.1. The molecular weight excluding hydrogens is 302 g/mol. The van der Waals surface area contributed by atoms with Crippen LogP contribution in [0.5, 0.6) is 0 Å². The van der Waals surface area contributed by atoms with Crippen LogP contribution in [0.25, 0.3) is 0 Å². The van der Waals surface area contributed by atoms with Crippen LogP contribution in [0.2, 0.25) is 0 Å². The van der Waals surface area contributed by atoms with Crippen LogP contribution in [-0.2, 0) is 11.2 Å². The second-order valence-corrected chi connectivity index (χ2v) is 5.63. The summed E-state index contributed by atoms with van der Waals surface area (Å²) >= 11 is 0. The Morgan fingerprint density at radius 1 is 1.36 bits per heavy atom. The summed E-state index contributed by atoms with van der Waals surface area (Å²) in [6, 6.07) is 7.57. The van der Waals surface area contributed by atoms with Gasteiger partial charge in [0.25, 0.3) is 5.91 Å². The highest BCUT2D eigenvalue weighted by Crippen LogP contribution is 2.09. The maximum absolute atomic E-state index is 11.9. The summed E-state index contributed by atoms with van der Waals surface area (Å²) in [5, 5.41) is 6.16. The highest BCUT2D eigenvalue weighted by Gasteiger charge is 2.21. The second kappa shape index (κ2) is 8.76. The molecule has 1 aliphatic rings. The molecule has 5 nitrogen and oxygen atoms in total. The van der Waals surface area contributed by atoms with Crippen molar-refractivity contribution >= 4 is 24.2 Å². The van der Waals surface area contributed by atoms with Crippen LogP contribution in [0, 0.1) is 5.92 Å². The first-order valence-corrected chi connectivity index (χ1v) is 7.37. The SMILES string of the molecule is CN(C)C(=O)c1cccc(CCNC(=O)C2CCNC2)c1.Cl. The van der Waals surface area contributed by atoms with Gasteiger partial charge in [0.05, 0.1) is 5.92 Å². The van der Waals surface area contributed by atoms with E-state index in [9.17, 15) is 9.59 Å². The van der Waals surface area contributed by atoms with E-state index in [-0.39, 0.29) is 30.1 Å². The van der Waals surface area contributed by atoms with Crippen molar-refractivity contribution in [3.8, 4) is 0 Å². The van der Waals surface area contributed by atoms with Crippen LogP contribution in [0.3, 0.4) is 0 Å². The Bertz CT molecular complexity index is 514. The van der Waals surface area contributed by atoms with Crippen molar-refractivity contribution in [3.05, 3.63) is 35.4 Å². The van der Waals surface area contributed by atoms with Gasteiger partial charge >= 0.3 is 0 Å². The number of amides is 2. The van der Waals surface area contributed by atoms with E-state index in [0.29, 0.717) is 12.1 Å². The van der Waals surface area contributed by atoms with Gasteiger partial charge in [0.1, 0.15) is 0 Å². The van der Waals surface area contributed by atoms with Crippen molar-refractivity contribution in [2.45, 2.75) is 12.8 Å². The molecule has 1 heterocycles. The van der Waals surface area contributed by atoms with Crippen molar-refractivity contribution in [3.63, 3.8) is 0 Å². The van der Waals surface area contributed by atoms with Gasteiger partial charge in [-0.1, -0.05) is 12.1 Å². The van der Waals surface area contributed by atoms with Gasteiger partial charge in [-0.25, -0.2) is 0 Å². The molecule has 0 spiro atoms. The highest BCUT2D eigenvalue weighted by molar-refractivity contribution is 5.94. The summed E-state index contributed by atoms with van der Waals surface area (Å²) in [4.78, 5) is 25.4. The van der Waals surface area contributed by atoms with Crippen molar-refractivity contribution < 1.29 is 9.59 Å². The molecule has 122 valence electrons. The number of nitrogens with zero attached hydrogens (tertiary/aromatic N) is 1. The summed E-state index contributed by atoms with van der Waals surface area (Å²) in [6.45, 7) is 2.31. The molecule has 0 aromatic heterocycles. The smallest absolute Gasteiger partial charge is 0.253 e. The molecule has 1 aromatic rings. The normalized spacial score (nSPS) is 16.7. The van der Waals surface area contributed by atoms with Crippen LogP contribution in [0.1, 0.15) is 22.3 Å². The lowest BCUT2D eigenvalue weighted by molar-refractivity contribution is -0.124. The molecule has 2 N–H and O–H groups in total. The van der Waals surface area contributed by atoms with E-state index in [1.54, 1.807) is 19.0 Å². The van der Waals surface area contributed by atoms with E-state index in [4.69, 9.17) is 0 Å². The third-order valence-electron chi connectivity index (χ3n) is 3.72. The molecule has 0 aliphatic carbocycles. The quantitative estimate of drug-likeness (QED) is 0.851. The first-order valence-electron chi connectivity index (χ1n) is 7.37. The molecule has 0 saturated carbocycles. The highest BCUT2D eigenvalue weighted by atomic mass is 35.5. The Labute approximate surface area is 137 Å². The largest absolute Gasteiger partial charge is 0.355 e. The summed E-state index contributed by atoms with van der Waals surface area (Å²) in [6.07, 6.45) is 1.65. The minimum atomic E-state index is -0.00193. The molecule has 1 aliphatic heterocycles. The lowest BCUT2D eigenvalue weighted by Crippen LogP contribution is -2.33. The molecule has 0 radical (unpaired) electrons. The second-order valence-electron chi connectivity index (χ2n) is 5.63. The lowest BCUT2D eigenvalue weighted by Gasteiger charge is -2.12. The number of nitrogens with one attached hydrogen (secondary N) is 2. The molecule has 1 unspecified atom stereocenters. The number of carbonyl (C=O) groups is 2. The van der Waals surface area contributed by atoms with Crippen LogP contribution in [0.15, 0.2) is 24.3 Å². The predicted molar refractivity (Wildman–Crippen MR) is 89.4 cm³/mol. The van der Waals surface area contributed by atoms with Crippen LogP contribution >= 0.6 is 12.4 Å². The monoisotopic (exact) mass is 325 g/mol. The Morgan fingerprint density at radius 3 is 2.77 bits per heavy atom. The maximum Gasteiger partial charge on any atom is 0.253 e. The van der Waals surface area contributed by atoms with E-state index >= 15 is 0 Å². The Balaban J connectivity index is 0.00000242. The van der Waals surface area contributed by atoms with Gasteiger partial charge in [-0.05, 0) is 37.1 Å². The molecule has 1 saturated heterocycles. The number of benzene rings is 1. The fraction of sp³-hybridized carbons (Fsp3) is 0.500. The number of carbonyl (C=O) groups excluding carboxylic acids is 2. The third kappa shape index (κ3) is 5.00. The summed E-state index contributed by atoms with van der Waals surface area (Å²) < 4.78 is 0. The molecule has 0 bridgehead atoms. The standard InChI is InChI=1S/C16H23N3O2.ClH/c1-19(2)16(21)13-5-3-4-12(10-13)6-9-18-15(20)14-7-8-17-11-14;/h3-5,10,14,17H,6-9,11H2,1-2H3,(H,18,20);1H. The maximum atomic E-state index is 11.9. The number of hydrogen-bond acceptors (Lipinski definition) is 3. The zero-order valence-corrected chi connectivity index (χ0v) is 13.9. The van der Waals surface area contributed by atoms with Gasteiger partial charge < -0.3 is 15.5 Å². The number of halogens is 1. The van der Waals surface area contributed by atoms with Crippen molar-refractivity contribution in [2.24, 2.45) is 5.92 Å². The fourth-order valence-electron chi connectivity index (χ4n) is 2.47. The van der Waals surface area contributed by atoms with Crippen LogP contribution in [0.4, 0.5) is 0 Å². The van der Waals surface area contributed by atoms with Gasteiger partial charge in [-0.15, -0.1) is 12.4 Å². The summed E-state index contributed by atoms with van der Waals surface area (Å²) in [5.74, 6) is 0.227. The van der Waals surface area contributed by atoms with Gasteiger partial charge in [0.15, 0.2) is 0 Å². The van der Waals surface area contributed by atoms with Crippen molar-refractivity contribution in [1.29, 1.82) is 0 Å². The van der Waals surface area contributed by atoms with E-state index in [1.165, 1.54) is 0 Å². The molecule has 2 amide bonds. The molecule has 1 fully saturated rings. The fourth-order valence-corrected chi connectivity index (χ4v) is 2.47. The minimum Gasteiger partial charge on any atom is -0.355 e. The van der Waals surface area contributed by atoms with Gasteiger partial charge in [0, 0.05) is 32.7 Å². The minimum absolute atomic E-state index is 0. The number of rotatable bonds is 5. The Kier molecular flexibility index (Phi) is 7.35. The zero-order chi connectivity index (χ0) is 15.2. The predicted octanol–water partition coefficient (Wildman–Crippen LogP) is 1.08. The van der Waals surface area contributed by atoms with E-state index in [2.05, 4.69) is 10.6 Å². The summed E-state index contributed by atoms with van der Waals surface area (Å²) in [5.41, 5.74) is 1.75. The van der Waals surface area contributed by atoms with Crippen LogP contribution in [-0.4, -0.2) is 50.4 Å². The first kappa shape index (κ1) is 18.5. The Hall–Kier alpha value is -1.59. The van der Waals surface area contributed by atoms with Crippen LogP contribution < -0.4 is 10.6 Å². The van der Waals surface area contributed by atoms with Gasteiger partial charge in [-0.2, -0.15) is 0 Å². The molecule has 6 heteroatoms. The Morgan fingerprint density at radius 2 is 2.14 bits per heavy atom. The molecule has 2 rings (SSSR count). The van der Waals surface area contributed by atoms with E-state index in [1.807, 2.05) is 24.3 Å². The van der Waals surface area contributed by atoms with E-state index < -0.39 is 0 Å². The average Bonchev–Trinajstić information content (AvgIpc) is 3.01. The van der Waals surface area contributed by atoms with E-state index in [0.717, 1.165) is 31.5 Å². The lowest BCUT2D eigenvalue weighted by atomic mass is 10.1. The average molecular weight is 326 g/mol.